The normalized spacial score (nSPS) is 17.2. The van der Waals surface area contributed by atoms with Crippen LogP contribution in [-0.2, 0) is 6.42 Å². The summed E-state index contributed by atoms with van der Waals surface area (Å²) in [5, 5.41) is 0. The SMILES string of the molecule is CC(C)(C)Cc1ccc(N2CCCCC2)cc1. The highest BCUT2D eigenvalue weighted by atomic mass is 15.1. The lowest BCUT2D eigenvalue weighted by molar-refractivity contribution is 0.411. The molecule has 1 aliphatic heterocycles. The largest absolute Gasteiger partial charge is 0.372 e. The molecule has 0 spiro atoms. The fourth-order valence-corrected chi connectivity index (χ4v) is 2.59. The van der Waals surface area contributed by atoms with E-state index < -0.39 is 0 Å². The maximum absolute atomic E-state index is 2.52. The summed E-state index contributed by atoms with van der Waals surface area (Å²) in [4.78, 5) is 2.52. The number of hydrogen-bond acceptors (Lipinski definition) is 1. The van der Waals surface area contributed by atoms with Crippen LogP contribution < -0.4 is 4.90 Å². The summed E-state index contributed by atoms with van der Waals surface area (Å²) in [5.41, 5.74) is 3.24. The van der Waals surface area contributed by atoms with Crippen molar-refractivity contribution in [2.45, 2.75) is 46.5 Å². The molecule has 0 radical (unpaired) electrons. The van der Waals surface area contributed by atoms with Gasteiger partial charge in [-0.3, -0.25) is 0 Å². The summed E-state index contributed by atoms with van der Waals surface area (Å²) in [6.07, 6.45) is 5.26. The first-order valence-corrected chi connectivity index (χ1v) is 6.88. The fourth-order valence-electron chi connectivity index (χ4n) is 2.59. The third-order valence-electron chi connectivity index (χ3n) is 3.39. The van der Waals surface area contributed by atoms with E-state index in [2.05, 4.69) is 49.9 Å². The van der Waals surface area contributed by atoms with Crippen LogP contribution in [-0.4, -0.2) is 13.1 Å². The Kier molecular flexibility index (Phi) is 3.76. The molecular formula is C16H25N. The van der Waals surface area contributed by atoms with Gasteiger partial charge in [0, 0.05) is 18.8 Å². The van der Waals surface area contributed by atoms with Gasteiger partial charge in [0.15, 0.2) is 0 Å². The van der Waals surface area contributed by atoms with E-state index in [0.29, 0.717) is 5.41 Å². The van der Waals surface area contributed by atoms with Crippen molar-refractivity contribution in [2.75, 3.05) is 18.0 Å². The Hall–Kier alpha value is -0.980. The lowest BCUT2D eigenvalue weighted by atomic mass is 9.88. The van der Waals surface area contributed by atoms with Gasteiger partial charge < -0.3 is 4.90 Å². The fraction of sp³-hybridized carbons (Fsp3) is 0.625. The Labute approximate surface area is 106 Å². The number of piperidine rings is 1. The maximum atomic E-state index is 2.52. The van der Waals surface area contributed by atoms with E-state index in [1.165, 1.54) is 43.6 Å². The van der Waals surface area contributed by atoms with Gasteiger partial charge in [0.25, 0.3) is 0 Å². The van der Waals surface area contributed by atoms with Crippen LogP contribution in [0.15, 0.2) is 24.3 Å². The molecular weight excluding hydrogens is 206 g/mol. The van der Waals surface area contributed by atoms with Gasteiger partial charge in [0.2, 0.25) is 0 Å². The van der Waals surface area contributed by atoms with Crippen molar-refractivity contribution in [3.63, 3.8) is 0 Å². The van der Waals surface area contributed by atoms with Crippen LogP contribution in [0, 0.1) is 5.41 Å². The van der Waals surface area contributed by atoms with Gasteiger partial charge in [0.1, 0.15) is 0 Å². The monoisotopic (exact) mass is 231 g/mol. The van der Waals surface area contributed by atoms with Crippen molar-refractivity contribution in [3.05, 3.63) is 29.8 Å². The molecule has 0 atom stereocenters. The van der Waals surface area contributed by atoms with E-state index in [-0.39, 0.29) is 0 Å². The molecule has 0 unspecified atom stereocenters. The zero-order chi connectivity index (χ0) is 12.3. The second-order valence-electron chi connectivity index (χ2n) is 6.45. The van der Waals surface area contributed by atoms with Gasteiger partial charge in [-0.05, 0) is 48.8 Å². The van der Waals surface area contributed by atoms with Crippen molar-refractivity contribution in [1.29, 1.82) is 0 Å². The summed E-state index contributed by atoms with van der Waals surface area (Å²) >= 11 is 0. The predicted octanol–water partition coefficient (Wildman–Crippen LogP) is 4.27. The molecule has 1 heteroatoms. The highest BCUT2D eigenvalue weighted by molar-refractivity contribution is 5.48. The predicted molar refractivity (Wildman–Crippen MR) is 75.7 cm³/mol. The molecule has 1 nitrogen and oxygen atoms in total. The lowest BCUT2D eigenvalue weighted by Gasteiger charge is -2.29. The summed E-state index contributed by atoms with van der Waals surface area (Å²) in [5.74, 6) is 0. The first-order valence-electron chi connectivity index (χ1n) is 6.88. The average Bonchev–Trinajstić information content (AvgIpc) is 2.29. The third kappa shape index (κ3) is 3.76. The van der Waals surface area contributed by atoms with Crippen LogP contribution in [0.25, 0.3) is 0 Å². The molecule has 17 heavy (non-hydrogen) atoms. The van der Waals surface area contributed by atoms with Gasteiger partial charge in [-0.2, -0.15) is 0 Å². The van der Waals surface area contributed by atoms with E-state index in [1.54, 1.807) is 0 Å². The standard InChI is InChI=1S/C16H25N/c1-16(2,3)13-14-7-9-15(10-8-14)17-11-5-4-6-12-17/h7-10H,4-6,11-13H2,1-3H3. The van der Waals surface area contributed by atoms with Crippen molar-refractivity contribution in [3.8, 4) is 0 Å². The second kappa shape index (κ2) is 5.12. The van der Waals surface area contributed by atoms with Crippen LogP contribution in [0.2, 0.25) is 0 Å². The van der Waals surface area contributed by atoms with Crippen LogP contribution in [0.1, 0.15) is 45.6 Å². The highest BCUT2D eigenvalue weighted by Crippen LogP contribution is 2.24. The van der Waals surface area contributed by atoms with Crippen LogP contribution in [0.3, 0.4) is 0 Å². The van der Waals surface area contributed by atoms with Gasteiger partial charge >= 0.3 is 0 Å². The van der Waals surface area contributed by atoms with Gasteiger partial charge in [0.05, 0.1) is 0 Å². The third-order valence-corrected chi connectivity index (χ3v) is 3.39. The molecule has 1 aromatic carbocycles. The molecule has 0 amide bonds. The molecule has 2 rings (SSSR count). The Morgan fingerprint density at radius 2 is 1.53 bits per heavy atom. The topological polar surface area (TPSA) is 3.24 Å². The molecule has 1 heterocycles. The molecule has 1 aliphatic rings. The zero-order valence-corrected chi connectivity index (χ0v) is 11.5. The molecule has 1 fully saturated rings. The zero-order valence-electron chi connectivity index (χ0n) is 11.5. The summed E-state index contributed by atoms with van der Waals surface area (Å²) in [6.45, 7) is 9.36. The van der Waals surface area contributed by atoms with E-state index in [9.17, 15) is 0 Å². The van der Waals surface area contributed by atoms with Gasteiger partial charge in [-0.1, -0.05) is 32.9 Å². The van der Waals surface area contributed by atoms with Gasteiger partial charge in [-0.15, -0.1) is 0 Å². The minimum atomic E-state index is 0.382. The van der Waals surface area contributed by atoms with Crippen molar-refractivity contribution >= 4 is 5.69 Å². The number of hydrogen-bond donors (Lipinski definition) is 0. The number of anilines is 1. The van der Waals surface area contributed by atoms with E-state index in [4.69, 9.17) is 0 Å². The van der Waals surface area contributed by atoms with Gasteiger partial charge in [-0.25, -0.2) is 0 Å². The molecule has 94 valence electrons. The van der Waals surface area contributed by atoms with Crippen molar-refractivity contribution < 1.29 is 0 Å². The van der Waals surface area contributed by atoms with Crippen LogP contribution >= 0.6 is 0 Å². The number of rotatable bonds is 2. The van der Waals surface area contributed by atoms with Crippen LogP contribution in [0.4, 0.5) is 5.69 Å². The molecule has 0 bridgehead atoms. The minimum absolute atomic E-state index is 0.382. The Bertz CT molecular complexity index is 339. The molecule has 1 saturated heterocycles. The summed E-state index contributed by atoms with van der Waals surface area (Å²) in [6, 6.07) is 9.20. The summed E-state index contributed by atoms with van der Waals surface area (Å²) in [7, 11) is 0. The average molecular weight is 231 g/mol. The minimum Gasteiger partial charge on any atom is -0.372 e. The van der Waals surface area contributed by atoms with E-state index in [1.807, 2.05) is 0 Å². The summed E-state index contributed by atoms with van der Waals surface area (Å²) < 4.78 is 0. The number of nitrogens with zero attached hydrogens (tertiary/aromatic N) is 1. The maximum Gasteiger partial charge on any atom is 0.0366 e. The van der Waals surface area contributed by atoms with Crippen molar-refractivity contribution in [2.24, 2.45) is 5.41 Å². The highest BCUT2D eigenvalue weighted by Gasteiger charge is 2.13. The van der Waals surface area contributed by atoms with Crippen LogP contribution in [0.5, 0.6) is 0 Å². The van der Waals surface area contributed by atoms with E-state index >= 15 is 0 Å². The Morgan fingerprint density at radius 3 is 2.06 bits per heavy atom. The first-order chi connectivity index (χ1) is 8.04. The molecule has 0 aliphatic carbocycles. The Morgan fingerprint density at radius 1 is 0.941 bits per heavy atom. The van der Waals surface area contributed by atoms with E-state index in [0.717, 1.165) is 6.42 Å². The van der Waals surface area contributed by atoms with Crippen molar-refractivity contribution in [1.82, 2.24) is 0 Å². The Balaban J connectivity index is 2.02. The quantitative estimate of drug-likeness (QED) is 0.735. The molecule has 0 saturated carbocycles. The molecule has 0 N–H and O–H groups in total. The lowest BCUT2D eigenvalue weighted by Crippen LogP contribution is -2.29. The molecule has 0 aromatic heterocycles. The number of benzene rings is 1. The first kappa shape index (κ1) is 12.5. The second-order valence-corrected chi connectivity index (χ2v) is 6.45. The smallest absolute Gasteiger partial charge is 0.0366 e. The molecule has 1 aromatic rings.